The van der Waals surface area contributed by atoms with Crippen LogP contribution in [0.1, 0.15) is 39.7 Å². The lowest BCUT2D eigenvalue weighted by molar-refractivity contribution is -0.141. The Morgan fingerprint density at radius 3 is 2.45 bits per heavy atom. The number of rotatable bonds is 6. The number of nitrogens with zero attached hydrogens (tertiary/aromatic N) is 2. The van der Waals surface area contributed by atoms with Crippen molar-refractivity contribution < 1.29 is 14.3 Å². The first-order valence-corrected chi connectivity index (χ1v) is 11.7. The molecule has 0 spiro atoms. The Morgan fingerprint density at radius 2 is 1.76 bits per heavy atom. The van der Waals surface area contributed by atoms with E-state index in [-0.39, 0.29) is 17.8 Å². The van der Waals surface area contributed by atoms with E-state index >= 15 is 0 Å². The van der Waals surface area contributed by atoms with Gasteiger partial charge in [-0.2, -0.15) is 0 Å². The minimum absolute atomic E-state index is 0.260. The minimum Gasteiger partial charge on any atom is -0.469 e. The second kappa shape index (κ2) is 8.75. The van der Waals surface area contributed by atoms with Crippen molar-refractivity contribution in [3.05, 3.63) is 87.0 Å². The molecule has 0 saturated carbocycles. The standard InChI is InChI=1S/C26H22N2O4S/c1-32-21(29)15-19(23(30)16-9-4-2-5-10-16)28-24(17-11-6-3-7-12-17)27-25-22(26(28)31)18-13-8-14-20(18)33-25/h2-7,9-12,19H,8,13-15H2,1H3. The zero-order valence-corrected chi connectivity index (χ0v) is 18.9. The van der Waals surface area contributed by atoms with Crippen LogP contribution in [0.2, 0.25) is 0 Å². The summed E-state index contributed by atoms with van der Waals surface area (Å²) < 4.78 is 6.31. The SMILES string of the molecule is COC(=O)CC(C(=O)c1ccccc1)n1c(-c2ccccc2)nc2sc3c(c2c1=O)CCC3. The highest BCUT2D eigenvalue weighted by molar-refractivity contribution is 7.18. The number of ether oxygens (including phenoxy) is 1. The van der Waals surface area contributed by atoms with Crippen molar-refractivity contribution in [3.63, 3.8) is 0 Å². The molecule has 0 fully saturated rings. The van der Waals surface area contributed by atoms with Crippen LogP contribution in [-0.2, 0) is 22.4 Å². The molecule has 6 nitrogen and oxygen atoms in total. The molecule has 0 N–H and O–H groups in total. The molecule has 166 valence electrons. The number of methoxy groups -OCH3 is 1. The number of fused-ring (bicyclic) bond motifs is 3. The first-order valence-electron chi connectivity index (χ1n) is 10.9. The molecule has 1 aliphatic carbocycles. The van der Waals surface area contributed by atoms with Gasteiger partial charge >= 0.3 is 5.97 Å². The van der Waals surface area contributed by atoms with Gasteiger partial charge < -0.3 is 4.74 Å². The van der Waals surface area contributed by atoms with E-state index in [2.05, 4.69) is 0 Å². The third-order valence-corrected chi connectivity index (χ3v) is 7.25. The van der Waals surface area contributed by atoms with E-state index in [1.54, 1.807) is 35.6 Å². The van der Waals surface area contributed by atoms with Crippen LogP contribution in [0.5, 0.6) is 0 Å². The van der Waals surface area contributed by atoms with Crippen molar-refractivity contribution in [1.82, 2.24) is 9.55 Å². The van der Waals surface area contributed by atoms with Gasteiger partial charge in [0.2, 0.25) is 0 Å². The lowest BCUT2D eigenvalue weighted by Crippen LogP contribution is -2.34. The Hall–Kier alpha value is -3.58. The van der Waals surface area contributed by atoms with Crippen molar-refractivity contribution >= 4 is 33.3 Å². The van der Waals surface area contributed by atoms with E-state index in [0.717, 1.165) is 24.8 Å². The Kier molecular flexibility index (Phi) is 5.64. The van der Waals surface area contributed by atoms with Crippen molar-refractivity contribution in [1.29, 1.82) is 0 Å². The summed E-state index contributed by atoms with van der Waals surface area (Å²) in [4.78, 5) is 46.8. The molecule has 5 rings (SSSR count). The fraction of sp³-hybridized carbons (Fsp3) is 0.231. The van der Waals surface area contributed by atoms with E-state index in [1.165, 1.54) is 16.6 Å². The van der Waals surface area contributed by atoms with Gasteiger partial charge in [-0.25, -0.2) is 4.98 Å². The Bertz CT molecular complexity index is 1410. The van der Waals surface area contributed by atoms with Crippen LogP contribution < -0.4 is 5.56 Å². The van der Waals surface area contributed by atoms with Gasteiger partial charge in [-0.15, -0.1) is 11.3 Å². The molecule has 4 aromatic rings. The average molecular weight is 459 g/mol. The summed E-state index contributed by atoms with van der Waals surface area (Å²) in [7, 11) is 1.28. The van der Waals surface area contributed by atoms with Gasteiger partial charge in [0.25, 0.3) is 5.56 Å². The van der Waals surface area contributed by atoms with E-state index in [0.29, 0.717) is 27.2 Å². The molecular formula is C26H22N2O4S. The normalized spacial score (nSPS) is 13.6. The number of aryl methyl sites for hydroxylation is 2. The highest BCUT2D eigenvalue weighted by atomic mass is 32.1. The summed E-state index contributed by atoms with van der Waals surface area (Å²) >= 11 is 1.55. The summed E-state index contributed by atoms with van der Waals surface area (Å²) in [6.07, 6.45) is 2.51. The summed E-state index contributed by atoms with van der Waals surface area (Å²) in [5, 5.41) is 0.572. The molecule has 2 aromatic heterocycles. The number of hydrogen-bond acceptors (Lipinski definition) is 6. The Labute approximate surface area is 194 Å². The maximum Gasteiger partial charge on any atom is 0.308 e. The highest BCUT2D eigenvalue weighted by Crippen LogP contribution is 2.36. The Morgan fingerprint density at radius 1 is 1.06 bits per heavy atom. The number of thiophene rings is 1. The first-order chi connectivity index (χ1) is 16.1. The van der Waals surface area contributed by atoms with Crippen molar-refractivity contribution in [2.24, 2.45) is 0 Å². The van der Waals surface area contributed by atoms with Crippen molar-refractivity contribution in [2.45, 2.75) is 31.7 Å². The molecule has 2 aromatic carbocycles. The smallest absolute Gasteiger partial charge is 0.308 e. The van der Waals surface area contributed by atoms with E-state index < -0.39 is 12.0 Å². The van der Waals surface area contributed by atoms with Gasteiger partial charge in [0.05, 0.1) is 18.9 Å². The fourth-order valence-electron chi connectivity index (χ4n) is 4.47. The van der Waals surface area contributed by atoms with Crippen LogP contribution in [0.4, 0.5) is 0 Å². The predicted octanol–water partition coefficient (Wildman–Crippen LogP) is 4.60. The van der Waals surface area contributed by atoms with Crippen LogP contribution in [0.15, 0.2) is 65.5 Å². The second-order valence-electron chi connectivity index (χ2n) is 8.04. The maximum absolute atomic E-state index is 14.0. The van der Waals surface area contributed by atoms with Gasteiger partial charge in [0.1, 0.15) is 16.7 Å². The van der Waals surface area contributed by atoms with Gasteiger partial charge in [-0.05, 0) is 24.8 Å². The molecule has 7 heteroatoms. The minimum atomic E-state index is -1.07. The molecule has 1 aliphatic rings. The van der Waals surface area contributed by atoms with Crippen LogP contribution >= 0.6 is 11.3 Å². The molecule has 0 bridgehead atoms. The zero-order valence-electron chi connectivity index (χ0n) is 18.1. The molecule has 1 atom stereocenters. The number of esters is 1. The number of aromatic nitrogens is 2. The molecule has 1 unspecified atom stereocenters. The molecule has 0 radical (unpaired) electrons. The highest BCUT2D eigenvalue weighted by Gasteiger charge is 2.32. The lowest BCUT2D eigenvalue weighted by atomic mass is 10.00. The Balaban J connectivity index is 1.80. The topological polar surface area (TPSA) is 78.3 Å². The molecular weight excluding hydrogens is 436 g/mol. The van der Waals surface area contributed by atoms with Gasteiger partial charge in [-0.3, -0.25) is 19.0 Å². The number of Topliss-reactive ketones (excluding diaryl/α,β-unsaturated/α-hetero) is 1. The second-order valence-corrected chi connectivity index (χ2v) is 9.12. The van der Waals surface area contributed by atoms with Gasteiger partial charge in [0.15, 0.2) is 5.78 Å². The van der Waals surface area contributed by atoms with E-state index in [1.807, 2.05) is 36.4 Å². The van der Waals surface area contributed by atoms with Crippen LogP contribution in [-0.4, -0.2) is 28.4 Å². The van der Waals surface area contributed by atoms with Crippen LogP contribution in [0.25, 0.3) is 21.6 Å². The molecule has 2 heterocycles. The van der Waals surface area contributed by atoms with Crippen LogP contribution in [0.3, 0.4) is 0 Å². The zero-order chi connectivity index (χ0) is 22.9. The van der Waals surface area contributed by atoms with Crippen molar-refractivity contribution in [3.8, 4) is 11.4 Å². The summed E-state index contributed by atoms with van der Waals surface area (Å²) in [5.41, 5.74) is 1.88. The summed E-state index contributed by atoms with van der Waals surface area (Å²) in [6, 6.07) is 17.0. The van der Waals surface area contributed by atoms with Crippen molar-refractivity contribution in [2.75, 3.05) is 7.11 Å². The van der Waals surface area contributed by atoms with Crippen LogP contribution in [0, 0.1) is 0 Å². The number of ketones is 1. The first kappa shape index (κ1) is 21.3. The number of benzene rings is 2. The quantitative estimate of drug-likeness (QED) is 0.312. The lowest BCUT2D eigenvalue weighted by Gasteiger charge is -2.21. The number of carbonyl (C=O) groups is 2. The molecule has 0 aliphatic heterocycles. The molecule has 0 saturated heterocycles. The van der Waals surface area contributed by atoms with Gasteiger partial charge in [-0.1, -0.05) is 60.7 Å². The monoisotopic (exact) mass is 458 g/mol. The average Bonchev–Trinajstić information content (AvgIpc) is 3.44. The van der Waals surface area contributed by atoms with E-state index in [4.69, 9.17) is 9.72 Å². The van der Waals surface area contributed by atoms with E-state index in [9.17, 15) is 14.4 Å². The fourth-order valence-corrected chi connectivity index (χ4v) is 5.72. The molecule has 0 amide bonds. The predicted molar refractivity (Wildman–Crippen MR) is 128 cm³/mol. The number of hydrogen-bond donors (Lipinski definition) is 0. The summed E-state index contributed by atoms with van der Waals surface area (Å²) in [5.74, 6) is -0.509. The maximum atomic E-state index is 14.0. The third-order valence-electron chi connectivity index (χ3n) is 6.06. The van der Waals surface area contributed by atoms with Gasteiger partial charge in [0, 0.05) is 16.0 Å². The third kappa shape index (κ3) is 3.78. The number of carbonyl (C=O) groups excluding carboxylic acids is 2. The molecule has 33 heavy (non-hydrogen) atoms. The largest absolute Gasteiger partial charge is 0.469 e. The summed E-state index contributed by atoms with van der Waals surface area (Å²) in [6.45, 7) is 0.